The van der Waals surface area contributed by atoms with Crippen molar-refractivity contribution >= 4 is 20.6 Å². The van der Waals surface area contributed by atoms with E-state index < -0.39 is 0 Å². The Morgan fingerprint density at radius 1 is 1.23 bits per heavy atom. The average molecular weight is 201 g/mol. The molecule has 3 heteroatoms. The van der Waals surface area contributed by atoms with Crippen LogP contribution in [0.25, 0.3) is 0 Å². The Kier molecular flexibility index (Phi) is 5.98. The van der Waals surface area contributed by atoms with E-state index in [-0.39, 0.29) is 5.91 Å². The molecule has 0 N–H and O–H groups in total. The predicted octanol–water partition coefficient (Wildman–Crippen LogP) is 2.07. The average Bonchev–Trinajstić information content (AvgIpc) is 2.00. The number of carbonyl (C=O) groups is 1. The summed E-state index contributed by atoms with van der Waals surface area (Å²) in [6.07, 6.45) is 0. The van der Waals surface area contributed by atoms with Crippen LogP contribution in [-0.2, 0) is 4.79 Å². The van der Waals surface area contributed by atoms with Gasteiger partial charge in [-0.1, -0.05) is 27.7 Å². The lowest BCUT2D eigenvalue weighted by molar-refractivity contribution is -0.124. The SMILES string of the molecule is CC(C)CN(CC(C)C)C(=O)C=P. The van der Waals surface area contributed by atoms with Gasteiger partial charge in [0.05, 0.1) is 0 Å². The fourth-order valence-electron chi connectivity index (χ4n) is 1.23. The molecule has 0 rings (SSSR count). The van der Waals surface area contributed by atoms with E-state index in [0.29, 0.717) is 11.8 Å². The molecular weight excluding hydrogens is 181 g/mol. The standard InChI is InChI=1S/C10H20NOP/c1-8(2)5-11(6-9(3)4)10(12)7-13/h7-9,13H,5-6H2,1-4H3. The molecule has 13 heavy (non-hydrogen) atoms. The molecule has 0 saturated carbocycles. The number of nitrogens with zero attached hydrogens (tertiary/aromatic N) is 1. The molecule has 0 unspecified atom stereocenters. The first kappa shape index (κ1) is 12.6. The number of carbonyl (C=O) groups excluding carboxylic acids is 1. The van der Waals surface area contributed by atoms with Gasteiger partial charge in [-0.2, -0.15) is 0 Å². The molecule has 0 aromatic rings. The van der Waals surface area contributed by atoms with Gasteiger partial charge in [0.2, 0.25) is 0 Å². The second kappa shape index (κ2) is 6.15. The third kappa shape index (κ3) is 5.81. The van der Waals surface area contributed by atoms with Crippen LogP contribution < -0.4 is 0 Å². The fourth-order valence-corrected chi connectivity index (χ4v) is 1.41. The van der Waals surface area contributed by atoms with Gasteiger partial charge in [-0.25, -0.2) is 0 Å². The third-order valence-electron chi connectivity index (χ3n) is 1.61. The van der Waals surface area contributed by atoms with Crippen LogP contribution in [-0.4, -0.2) is 29.7 Å². The lowest BCUT2D eigenvalue weighted by Gasteiger charge is -2.24. The molecule has 0 saturated heterocycles. The predicted molar refractivity (Wildman–Crippen MR) is 60.6 cm³/mol. The van der Waals surface area contributed by atoms with Gasteiger partial charge in [-0.3, -0.25) is 4.79 Å². The fraction of sp³-hybridized carbons (Fsp3) is 0.800. The van der Waals surface area contributed by atoms with Crippen molar-refractivity contribution in [3.05, 3.63) is 0 Å². The Morgan fingerprint density at radius 2 is 1.62 bits per heavy atom. The van der Waals surface area contributed by atoms with Crippen molar-refractivity contribution in [2.45, 2.75) is 27.7 Å². The maximum atomic E-state index is 11.4. The van der Waals surface area contributed by atoms with Crippen molar-refractivity contribution in [3.8, 4) is 0 Å². The molecule has 0 aliphatic heterocycles. The highest BCUT2D eigenvalue weighted by Gasteiger charge is 2.12. The smallest absolute Gasteiger partial charge is 0.250 e. The molecule has 1 amide bonds. The van der Waals surface area contributed by atoms with Crippen molar-refractivity contribution in [2.24, 2.45) is 11.8 Å². The second-order valence-corrected chi connectivity index (χ2v) is 4.46. The van der Waals surface area contributed by atoms with Crippen LogP contribution in [0.1, 0.15) is 27.7 Å². The minimum atomic E-state index is 0.0686. The van der Waals surface area contributed by atoms with Crippen LogP contribution in [0, 0.1) is 11.8 Å². The summed E-state index contributed by atoms with van der Waals surface area (Å²) >= 11 is 0. The molecule has 0 aromatic heterocycles. The van der Waals surface area contributed by atoms with Gasteiger partial charge in [0.15, 0.2) is 0 Å². The van der Waals surface area contributed by atoms with E-state index in [9.17, 15) is 4.79 Å². The molecule has 0 heterocycles. The van der Waals surface area contributed by atoms with Gasteiger partial charge >= 0.3 is 0 Å². The van der Waals surface area contributed by atoms with Crippen molar-refractivity contribution in [3.63, 3.8) is 0 Å². The zero-order valence-electron chi connectivity index (χ0n) is 9.00. The highest BCUT2D eigenvalue weighted by Crippen LogP contribution is 2.03. The van der Waals surface area contributed by atoms with E-state index in [1.54, 1.807) is 0 Å². The molecule has 0 aliphatic rings. The number of amides is 1. The van der Waals surface area contributed by atoms with Gasteiger partial charge in [-0.15, -0.1) is 8.86 Å². The lowest BCUT2D eigenvalue weighted by Crippen LogP contribution is -2.37. The van der Waals surface area contributed by atoms with Crippen LogP contribution in [0.3, 0.4) is 0 Å². The Bertz CT molecular complexity index is 168. The first-order chi connectivity index (χ1) is 5.97. The molecule has 2 nitrogen and oxygen atoms in total. The number of hydrogen-bond acceptors (Lipinski definition) is 1. The van der Waals surface area contributed by atoms with Crippen molar-refractivity contribution in [1.82, 2.24) is 4.90 Å². The van der Waals surface area contributed by atoms with Crippen molar-refractivity contribution in [2.75, 3.05) is 13.1 Å². The van der Waals surface area contributed by atoms with E-state index in [1.807, 2.05) is 4.90 Å². The maximum Gasteiger partial charge on any atom is 0.250 e. The lowest BCUT2D eigenvalue weighted by atomic mass is 10.1. The van der Waals surface area contributed by atoms with Crippen LogP contribution in [0.4, 0.5) is 0 Å². The van der Waals surface area contributed by atoms with Gasteiger partial charge in [0.1, 0.15) is 0 Å². The highest BCUT2D eigenvalue weighted by atomic mass is 31.0. The Morgan fingerprint density at radius 3 is 1.85 bits per heavy atom. The Hall–Kier alpha value is -0.360. The van der Waals surface area contributed by atoms with Crippen LogP contribution >= 0.6 is 8.86 Å². The van der Waals surface area contributed by atoms with Crippen molar-refractivity contribution in [1.29, 1.82) is 0 Å². The highest BCUT2D eigenvalue weighted by molar-refractivity contribution is 7.22. The summed E-state index contributed by atoms with van der Waals surface area (Å²) in [5.74, 6) is 2.56. The largest absolute Gasteiger partial charge is 0.338 e. The van der Waals surface area contributed by atoms with E-state index in [1.165, 1.54) is 5.80 Å². The van der Waals surface area contributed by atoms with Crippen molar-refractivity contribution < 1.29 is 4.79 Å². The monoisotopic (exact) mass is 201 g/mol. The Balaban J connectivity index is 4.18. The summed E-state index contributed by atoms with van der Waals surface area (Å²) in [4.78, 5) is 13.3. The molecule has 0 spiro atoms. The summed E-state index contributed by atoms with van der Waals surface area (Å²) in [5.41, 5.74) is 0. The maximum absolute atomic E-state index is 11.4. The normalized spacial score (nSPS) is 10.6. The molecule has 0 bridgehead atoms. The topological polar surface area (TPSA) is 20.3 Å². The quantitative estimate of drug-likeness (QED) is 0.623. The third-order valence-corrected chi connectivity index (χ3v) is 1.85. The van der Waals surface area contributed by atoms with E-state index >= 15 is 0 Å². The van der Waals surface area contributed by atoms with Gasteiger partial charge in [-0.05, 0) is 11.8 Å². The molecular formula is C10H20NOP. The summed E-state index contributed by atoms with van der Waals surface area (Å²) in [5, 5.41) is 0. The molecule has 0 fully saturated rings. The molecule has 0 atom stereocenters. The minimum absolute atomic E-state index is 0.0686. The van der Waals surface area contributed by atoms with E-state index in [2.05, 4.69) is 36.6 Å². The van der Waals surface area contributed by atoms with Crippen LogP contribution in [0.2, 0.25) is 0 Å². The molecule has 0 aromatic carbocycles. The van der Waals surface area contributed by atoms with Crippen LogP contribution in [0.15, 0.2) is 0 Å². The molecule has 0 radical (unpaired) electrons. The van der Waals surface area contributed by atoms with E-state index in [4.69, 9.17) is 0 Å². The summed E-state index contributed by atoms with van der Waals surface area (Å²) in [7, 11) is 3.13. The number of rotatable bonds is 5. The summed E-state index contributed by atoms with van der Waals surface area (Å²) in [6.45, 7) is 10.1. The molecule has 0 aliphatic carbocycles. The second-order valence-electron chi connectivity index (χ2n) is 4.18. The van der Waals surface area contributed by atoms with E-state index in [0.717, 1.165) is 13.1 Å². The first-order valence-corrected chi connectivity index (χ1v) is 5.34. The molecule has 76 valence electrons. The first-order valence-electron chi connectivity index (χ1n) is 4.76. The number of hydrogen-bond donors (Lipinski definition) is 0. The van der Waals surface area contributed by atoms with Crippen LogP contribution in [0.5, 0.6) is 0 Å². The minimum Gasteiger partial charge on any atom is -0.338 e. The zero-order chi connectivity index (χ0) is 10.4. The zero-order valence-corrected chi connectivity index (χ0v) is 10.0. The summed E-state index contributed by atoms with van der Waals surface area (Å²) in [6, 6.07) is 0. The Labute approximate surface area is 83.5 Å². The van der Waals surface area contributed by atoms with Gasteiger partial charge in [0, 0.05) is 18.9 Å². The van der Waals surface area contributed by atoms with Gasteiger partial charge in [0.25, 0.3) is 5.91 Å². The van der Waals surface area contributed by atoms with Gasteiger partial charge < -0.3 is 4.90 Å². The summed E-state index contributed by atoms with van der Waals surface area (Å²) < 4.78 is 0.